The number of aliphatic carboxylic acids is 1. The van der Waals surface area contributed by atoms with Crippen LogP contribution in [0.4, 0.5) is 8.78 Å². The normalized spacial score (nSPS) is 21.6. The Kier molecular flexibility index (Phi) is 4.82. The van der Waals surface area contributed by atoms with Gasteiger partial charge in [0, 0.05) is 12.2 Å². The van der Waals surface area contributed by atoms with Gasteiger partial charge in [0.2, 0.25) is 5.91 Å². The summed E-state index contributed by atoms with van der Waals surface area (Å²) in [6, 6.07) is 2.67. The van der Waals surface area contributed by atoms with E-state index in [-0.39, 0.29) is 24.1 Å². The summed E-state index contributed by atoms with van der Waals surface area (Å²) in [6.07, 6.45) is 0.315. The molecule has 1 aromatic carbocycles. The lowest BCUT2D eigenvalue weighted by Crippen LogP contribution is -2.44. The van der Waals surface area contributed by atoms with Crippen molar-refractivity contribution in [2.24, 2.45) is 0 Å². The third-order valence-corrected chi connectivity index (χ3v) is 4.63. The van der Waals surface area contributed by atoms with Gasteiger partial charge < -0.3 is 10.0 Å². The van der Waals surface area contributed by atoms with Crippen LogP contribution in [-0.2, 0) is 16.0 Å². The Hall–Kier alpha value is -1.63. The summed E-state index contributed by atoms with van der Waals surface area (Å²) in [4.78, 5) is 24.7. The number of hydrogen-bond acceptors (Lipinski definition) is 3. The molecule has 0 aliphatic carbocycles. The lowest BCUT2D eigenvalue weighted by molar-refractivity contribution is -0.148. The minimum absolute atomic E-state index is 0.0692. The highest BCUT2D eigenvalue weighted by Gasteiger charge is 2.38. The van der Waals surface area contributed by atoms with Crippen LogP contribution in [0.25, 0.3) is 0 Å². The summed E-state index contributed by atoms with van der Waals surface area (Å²) in [5.41, 5.74) is 0.508. The fourth-order valence-corrected chi connectivity index (χ4v) is 3.48. The lowest BCUT2D eigenvalue weighted by Gasteiger charge is -2.25. The monoisotopic (exact) mass is 315 g/mol. The van der Waals surface area contributed by atoms with Crippen molar-refractivity contribution in [3.8, 4) is 0 Å². The Bertz CT molecular complexity index is 567. The van der Waals surface area contributed by atoms with E-state index in [2.05, 4.69) is 0 Å². The molecule has 0 spiro atoms. The highest BCUT2D eigenvalue weighted by atomic mass is 32.2. The molecule has 1 amide bonds. The maximum Gasteiger partial charge on any atom is 0.327 e. The summed E-state index contributed by atoms with van der Waals surface area (Å²) in [5, 5.41) is 8.91. The molecule has 0 saturated carbocycles. The Morgan fingerprint density at radius 3 is 2.71 bits per heavy atom. The number of thioether (sulfide) groups is 1. The van der Waals surface area contributed by atoms with E-state index in [0.717, 1.165) is 12.1 Å². The van der Waals surface area contributed by atoms with Crippen molar-refractivity contribution >= 4 is 23.6 Å². The second-order valence-electron chi connectivity index (χ2n) is 4.84. The maximum absolute atomic E-state index is 13.1. The van der Waals surface area contributed by atoms with Gasteiger partial charge in [0.1, 0.15) is 6.04 Å². The molecule has 4 nitrogen and oxygen atoms in total. The van der Waals surface area contributed by atoms with E-state index in [1.807, 2.05) is 0 Å². The SMILES string of the molecule is CC1SCC(C(=O)O)N1C(=O)CCc1ccc(F)c(F)c1. The van der Waals surface area contributed by atoms with Gasteiger partial charge in [-0.3, -0.25) is 4.79 Å². The minimum Gasteiger partial charge on any atom is -0.480 e. The van der Waals surface area contributed by atoms with Gasteiger partial charge in [0.25, 0.3) is 0 Å². The standard InChI is InChI=1S/C14H15F2NO3S/c1-8-17(12(7-21-8)14(19)20)13(18)5-3-9-2-4-10(15)11(16)6-9/h2,4,6,8,12H,3,5,7H2,1H3,(H,19,20). The molecule has 2 atom stereocenters. The molecule has 2 unspecified atom stereocenters. The molecule has 0 bridgehead atoms. The molecule has 1 fully saturated rings. The van der Waals surface area contributed by atoms with Crippen molar-refractivity contribution in [1.29, 1.82) is 0 Å². The van der Waals surface area contributed by atoms with Crippen molar-refractivity contribution in [2.45, 2.75) is 31.2 Å². The Balaban J connectivity index is 2.00. The van der Waals surface area contributed by atoms with Crippen molar-refractivity contribution in [2.75, 3.05) is 5.75 Å². The fraction of sp³-hybridized carbons (Fsp3) is 0.429. The maximum atomic E-state index is 13.1. The summed E-state index contributed by atoms with van der Waals surface area (Å²) >= 11 is 1.41. The van der Waals surface area contributed by atoms with Crippen LogP contribution in [0.1, 0.15) is 18.9 Å². The van der Waals surface area contributed by atoms with E-state index in [1.165, 1.54) is 22.7 Å². The number of aryl methyl sites for hydroxylation is 1. The first kappa shape index (κ1) is 15.8. The lowest BCUT2D eigenvalue weighted by atomic mass is 10.1. The summed E-state index contributed by atoms with van der Waals surface area (Å²) in [5.74, 6) is -2.82. The second-order valence-corrected chi connectivity index (χ2v) is 6.19. The van der Waals surface area contributed by atoms with E-state index < -0.39 is 23.6 Å². The smallest absolute Gasteiger partial charge is 0.327 e. The highest BCUT2D eigenvalue weighted by molar-refractivity contribution is 8.00. The van der Waals surface area contributed by atoms with Gasteiger partial charge in [-0.25, -0.2) is 13.6 Å². The van der Waals surface area contributed by atoms with E-state index >= 15 is 0 Å². The number of nitrogens with zero attached hydrogens (tertiary/aromatic N) is 1. The number of halogens is 2. The van der Waals surface area contributed by atoms with Crippen LogP contribution in [0, 0.1) is 11.6 Å². The first-order chi connectivity index (χ1) is 9.90. The zero-order valence-corrected chi connectivity index (χ0v) is 12.2. The third-order valence-electron chi connectivity index (χ3n) is 3.41. The number of hydrogen-bond donors (Lipinski definition) is 1. The Morgan fingerprint density at radius 1 is 1.38 bits per heavy atom. The molecule has 1 N–H and O–H groups in total. The molecular weight excluding hydrogens is 300 g/mol. The van der Waals surface area contributed by atoms with Gasteiger partial charge in [-0.1, -0.05) is 6.07 Å². The molecule has 21 heavy (non-hydrogen) atoms. The number of carbonyl (C=O) groups is 2. The summed E-state index contributed by atoms with van der Waals surface area (Å²) in [6.45, 7) is 1.78. The number of carboxylic acid groups (broad SMARTS) is 1. The molecule has 1 aliphatic rings. The number of rotatable bonds is 4. The Morgan fingerprint density at radius 2 is 2.10 bits per heavy atom. The van der Waals surface area contributed by atoms with Gasteiger partial charge in [-0.2, -0.15) is 0 Å². The third kappa shape index (κ3) is 3.53. The predicted octanol–water partition coefficient (Wildman–Crippen LogP) is 2.27. The van der Waals surface area contributed by atoms with Gasteiger partial charge in [-0.15, -0.1) is 11.8 Å². The van der Waals surface area contributed by atoms with E-state index in [9.17, 15) is 18.4 Å². The van der Waals surface area contributed by atoms with Crippen LogP contribution in [-0.4, -0.2) is 39.1 Å². The van der Waals surface area contributed by atoms with Gasteiger partial charge >= 0.3 is 5.97 Å². The van der Waals surface area contributed by atoms with Crippen LogP contribution in [0.5, 0.6) is 0 Å². The minimum atomic E-state index is -1.02. The molecule has 114 valence electrons. The van der Waals surface area contributed by atoms with E-state index in [1.54, 1.807) is 6.92 Å². The topological polar surface area (TPSA) is 57.6 Å². The van der Waals surface area contributed by atoms with Crippen molar-refractivity contribution < 1.29 is 23.5 Å². The molecule has 7 heteroatoms. The van der Waals surface area contributed by atoms with Crippen LogP contribution >= 0.6 is 11.8 Å². The van der Waals surface area contributed by atoms with E-state index in [0.29, 0.717) is 11.3 Å². The Labute approximate surface area is 125 Å². The van der Waals surface area contributed by atoms with Crippen molar-refractivity contribution in [3.63, 3.8) is 0 Å². The number of amides is 1. The van der Waals surface area contributed by atoms with Gasteiger partial charge in [0.15, 0.2) is 11.6 Å². The fourth-order valence-electron chi connectivity index (χ4n) is 2.29. The molecule has 0 aromatic heterocycles. The van der Waals surface area contributed by atoms with Crippen LogP contribution < -0.4 is 0 Å². The average molecular weight is 315 g/mol. The summed E-state index contributed by atoms with van der Waals surface area (Å²) < 4.78 is 25.9. The first-order valence-corrected chi connectivity index (χ1v) is 7.54. The summed E-state index contributed by atoms with van der Waals surface area (Å²) in [7, 11) is 0. The van der Waals surface area contributed by atoms with Crippen LogP contribution in [0.3, 0.4) is 0 Å². The second kappa shape index (κ2) is 6.43. The van der Waals surface area contributed by atoms with Crippen molar-refractivity contribution in [1.82, 2.24) is 4.90 Å². The molecule has 0 radical (unpaired) electrons. The van der Waals surface area contributed by atoms with Crippen LogP contribution in [0.2, 0.25) is 0 Å². The van der Waals surface area contributed by atoms with Gasteiger partial charge in [-0.05, 0) is 31.0 Å². The number of carbonyl (C=O) groups excluding carboxylic acids is 1. The molecular formula is C14H15F2NO3S. The first-order valence-electron chi connectivity index (χ1n) is 6.49. The molecule has 1 aromatic rings. The van der Waals surface area contributed by atoms with Gasteiger partial charge in [0.05, 0.1) is 5.37 Å². The predicted molar refractivity (Wildman–Crippen MR) is 74.9 cm³/mol. The quantitative estimate of drug-likeness (QED) is 0.926. The number of carboxylic acids is 1. The van der Waals surface area contributed by atoms with Crippen molar-refractivity contribution in [3.05, 3.63) is 35.4 Å². The highest BCUT2D eigenvalue weighted by Crippen LogP contribution is 2.29. The number of benzene rings is 1. The van der Waals surface area contributed by atoms with Crippen LogP contribution in [0.15, 0.2) is 18.2 Å². The molecule has 1 aliphatic heterocycles. The molecule has 1 saturated heterocycles. The van der Waals surface area contributed by atoms with E-state index in [4.69, 9.17) is 5.11 Å². The largest absolute Gasteiger partial charge is 0.480 e. The average Bonchev–Trinajstić information content (AvgIpc) is 2.82. The molecule has 1 heterocycles. The zero-order chi connectivity index (χ0) is 15.6. The molecule has 2 rings (SSSR count). The zero-order valence-electron chi connectivity index (χ0n) is 11.4.